The number of halogens is 1. The number of nitrogens with one attached hydrogen (secondary N) is 2. The number of carbonyl (C=O) groups is 3. The fourth-order valence-corrected chi connectivity index (χ4v) is 3.63. The Morgan fingerprint density at radius 3 is 2.29 bits per heavy atom. The van der Waals surface area contributed by atoms with Gasteiger partial charge in [0.2, 0.25) is 5.91 Å². The molecule has 0 spiro atoms. The van der Waals surface area contributed by atoms with E-state index in [1.54, 1.807) is 63.2 Å². The summed E-state index contributed by atoms with van der Waals surface area (Å²) in [6.45, 7) is 7.92. The SMILES string of the molecule is Cc1cccc(Cl)c1NC(=O)C(c1ccccc1)N(CCO)C(=O)C(C)NC(=O)OC(C)(C)C. The summed E-state index contributed by atoms with van der Waals surface area (Å²) in [5.74, 6) is -1.06. The number of anilines is 1. The number of nitrogens with zero attached hydrogens (tertiary/aromatic N) is 1. The molecule has 2 aromatic rings. The van der Waals surface area contributed by atoms with Gasteiger partial charge in [-0.3, -0.25) is 9.59 Å². The lowest BCUT2D eigenvalue weighted by molar-refractivity contribution is -0.141. The molecule has 0 aliphatic heterocycles. The highest BCUT2D eigenvalue weighted by Crippen LogP contribution is 2.29. The van der Waals surface area contributed by atoms with Crippen molar-refractivity contribution in [3.8, 4) is 0 Å². The summed E-state index contributed by atoms with van der Waals surface area (Å²) in [4.78, 5) is 40.3. The molecule has 0 aliphatic rings. The topological polar surface area (TPSA) is 108 Å². The Hall–Kier alpha value is -3.10. The number of hydrogen-bond donors (Lipinski definition) is 3. The lowest BCUT2D eigenvalue weighted by atomic mass is 10.0. The highest BCUT2D eigenvalue weighted by atomic mass is 35.5. The second-order valence-corrected chi connectivity index (χ2v) is 9.26. The van der Waals surface area contributed by atoms with Crippen LogP contribution in [0.15, 0.2) is 48.5 Å². The Bertz CT molecular complexity index is 987. The standard InChI is InChI=1S/C25H32ClN3O5/c1-16-10-9-13-19(26)20(16)28-22(31)21(18-11-7-6-8-12-18)29(14-15-30)23(32)17(2)27-24(33)34-25(3,4)5/h6-13,17,21,30H,14-15H2,1-5H3,(H,27,33)(H,28,31). The summed E-state index contributed by atoms with van der Waals surface area (Å²) in [7, 11) is 0. The first-order valence-electron chi connectivity index (χ1n) is 11.0. The number of aliphatic hydroxyl groups excluding tert-OH is 1. The van der Waals surface area contributed by atoms with E-state index in [9.17, 15) is 19.5 Å². The first-order valence-corrected chi connectivity index (χ1v) is 11.3. The molecule has 2 rings (SSSR count). The first kappa shape index (κ1) is 27.1. The monoisotopic (exact) mass is 489 g/mol. The maximum Gasteiger partial charge on any atom is 0.408 e. The highest BCUT2D eigenvalue weighted by molar-refractivity contribution is 6.34. The fraction of sp³-hybridized carbons (Fsp3) is 0.400. The zero-order chi connectivity index (χ0) is 25.5. The number of alkyl carbamates (subject to hydrolysis) is 1. The average molecular weight is 490 g/mol. The van der Waals surface area contributed by atoms with Crippen molar-refractivity contribution in [2.75, 3.05) is 18.5 Å². The minimum Gasteiger partial charge on any atom is -0.444 e. The van der Waals surface area contributed by atoms with Crippen LogP contribution in [-0.4, -0.2) is 52.7 Å². The quantitative estimate of drug-likeness (QED) is 0.518. The minimum absolute atomic E-state index is 0.131. The van der Waals surface area contributed by atoms with Gasteiger partial charge in [0.15, 0.2) is 0 Å². The first-order chi connectivity index (χ1) is 15.9. The third kappa shape index (κ3) is 7.46. The Balaban J connectivity index is 2.38. The van der Waals surface area contributed by atoms with Gasteiger partial charge < -0.3 is 25.4 Å². The molecule has 2 aromatic carbocycles. The summed E-state index contributed by atoms with van der Waals surface area (Å²) < 4.78 is 5.23. The van der Waals surface area contributed by atoms with E-state index in [4.69, 9.17) is 16.3 Å². The van der Waals surface area contributed by atoms with Gasteiger partial charge in [-0.2, -0.15) is 0 Å². The molecular formula is C25H32ClN3O5. The molecule has 0 aromatic heterocycles. The maximum absolute atomic E-state index is 13.5. The van der Waals surface area contributed by atoms with Gasteiger partial charge in [0.05, 0.1) is 17.3 Å². The number of aliphatic hydroxyl groups is 1. The lowest BCUT2D eigenvalue weighted by Gasteiger charge is -2.33. The Morgan fingerprint density at radius 1 is 1.09 bits per heavy atom. The van der Waals surface area contributed by atoms with Crippen LogP contribution in [0.2, 0.25) is 5.02 Å². The number of benzene rings is 2. The zero-order valence-corrected chi connectivity index (χ0v) is 20.8. The largest absolute Gasteiger partial charge is 0.444 e. The summed E-state index contributed by atoms with van der Waals surface area (Å²) in [5.41, 5.74) is 0.992. The Kier molecular flexibility index (Phi) is 9.46. The zero-order valence-electron chi connectivity index (χ0n) is 20.1. The summed E-state index contributed by atoms with van der Waals surface area (Å²) in [6, 6.07) is 11.9. The van der Waals surface area contributed by atoms with Crippen LogP contribution in [0.3, 0.4) is 0 Å². The second kappa shape index (κ2) is 11.9. The Morgan fingerprint density at radius 2 is 1.74 bits per heavy atom. The molecule has 0 heterocycles. The summed E-state index contributed by atoms with van der Waals surface area (Å²) >= 11 is 6.29. The molecule has 2 atom stereocenters. The van der Waals surface area contributed by atoms with E-state index in [0.29, 0.717) is 16.3 Å². The number of hydrogen-bond acceptors (Lipinski definition) is 5. The number of para-hydroxylation sites is 1. The molecule has 8 nitrogen and oxygen atoms in total. The second-order valence-electron chi connectivity index (χ2n) is 8.86. The van der Waals surface area contributed by atoms with E-state index in [1.165, 1.54) is 11.8 Å². The fourth-order valence-electron chi connectivity index (χ4n) is 3.36. The molecule has 0 aliphatic carbocycles. The predicted molar refractivity (Wildman–Crippen MR) is 132 cm³/mol. The third-order valence-corrected chi connectivity index (χ3v) is 5.19. The van der Waals surface area contributed by atoms with Gasteiger partial charge in [-0.25, -0.2) is 4.79 Å². The van der Waals surface area contributed by atoms with Crippen molar-refractivity contribution in [2.45, 2.75) is 52.3 Å². The molecule has 0 saturated heterocycles. The van der Waals surface area contributed by atoms with Crippen LogP contribution in [0.1, 0.15) is 44.9 Å². The molecule has 3 amide bonds. The summed E-state index contributed by atoms with van der Waals surface area (Å²) in [5, 5.41) is 15.4. The lowest BCUT2D eigenvalue weighted by Crippen LogP contribution is -2.52. The number of amides is 3. The van der Waals surface area contributed by atoms with Crippen LogP contribution in [0.4, 0.5) is 10.5 Å². The molecule has 9 heteroatoms. The van der Waals surface area contributed by atoms with E-state index in [-0.39, 0.29) is 13.2 Å². The maximum atomic E-state index is 13.5. The van der Waals surface area contributed by atoms with Gasteiger partial charge in [-0.05, 0) is 51.8 Å². The molecule has 3 N–H and O–H groups in total. The normalized spacial score (nSPS) is 12.9. The van der Waals surface area contributed by atoms with E-state index >= 15 is 0 Å². The van der Waals surface area contributed by atoms with Crippen molar-refractivity contribution in [1.29, 1.82) is 0 Å². The van der Waals surface area contributed by atoms with Crippen molar-refractivity contribution in [3.05, 3.63) is 64.7 Å². The van der Waals surface area contributed by atoms with E-state index in [0.717, 1.165) is 5.56 Å². The number of ether oxygens (including phenoxy) is 1. The smallest absolute Gasteiger partial charge is 0.408 e. The van der Waals surface area contributed by atoms with E-state index < -0.39 is 35.6 Å². The van der Waals surface area contributed by atoms with Crippen LogP contribution in [0, 0.1) is 6.92 Å². The molecule has 0 radical (unpaired) electrons. The van der Waals surface area contributed by atoms with Gasteiger partial charge >= 0.3 is 6.09 Å². The van der Waals surface area contributed by atoms with Gasteiger partial charge in [0.1, 0.15) is 17.7 Å². The van der Waals surface area contributed by atoms with Crippen LogP contribution in [0.5, 0.6) is 0 Å². The Labute approximate surface area is 205 Å². The van der Waals surface area contributed by atoms with Gasteiger partial charge in [0.25, 0.3) is 5.91 Å². The van der Waals surface area contributed by atoms with E-state index in [1.807, 2.05) is 13.0 Å². The molecule has 2 unspecified atom stereocenters. The number of aryl methyl sites for hydroxylation is 1. The number of rotatable bonds is 8. The van der Waals surface area contributed by atoms with Crippen molar-refractivity contribution in [2.24, 2.45) is 0 Å². The predicted octanol–water partition coefficient (Wildman–Crippen LogP) is 4.06. The van der Waals surface area contributed by atoms with Crippen molar-refractivity contribution in [1.82, 2.24) is 10.2 Å². The average Bonchev–Trinajstić information content (AvgIpc) is 2.75. The molecular weight excluding hydrogens is 458 g/mol. The summed E-state index contributed by atoms with van der Waals surface area (Å²) in [6.07, 6.45) is -0.760. The van der Waals surface area contributed by atoms with Crippen LogP contribution in [-0.2, 0) is 14.3 Å². The van der Waals surface area contributed by atoms with E-state index in [2.05, 4.69) is 10.6 Å². The molecule has 34 heavy (non-hydrogen) atoms. The number of carbonyl (C=O) groups excluding carboxylic acids is 3. The van der Waals surface area contributed by atoms with Crippen LogP contribution < -0.4 is 10.6 Å². The van der Waals surface area contributed by atoms with Crippen molar-refractivity contribution < 1.29 is 24.2 Å². The molecule has 184 valence electrons. The molecule has 0 bridgehead atoms. The minimum atomic E-state index is -1.08. The van der Waals surface area contributed by atoms with Gasteiger partial charge in [-0.15, -0.1) is 0 Å². The molecule has 0 fully saturated rings. The van der Waals surface area contributed by atoms with Gasteiger partial charge in [-0.1, -0.05) is 54.1 Å². The van der Waals surface area contributed by atoms with Gasteiger partial charge in [0, 0.05) is 6.54 Å². The third-order valence-electron chi connectivity index (χ3n) is 4.87. The van der Waals surface area contributed by atoms with Crippen LogP contribution in [0.25, 0.3) is 0 Å². The van der Waals surface area contributed by atoms with Crippen molar-refractivity contribution in [3.63, 3.8) is 0 Å². The van der Waals surface area contributed by atoms with Crippen LogP contribution >= 0.6 is 11.6 Å². The van der Waals surface area contributed by atoms with Crippen molar-refractivity contribution >= 4 is 35.2 Å². The highest BCUT2D eigenvalue weighted by Gasteiger charge is 2.34. The molecule has 0 saturated carbocycles.